The van der Waals surface area contributed by atoms with Crippen LogP contribution in [0.2, 0.25) is 10.2 Å². The minimum atomic E-state index is -0.315. The largest absolute Gasteiger partial charge is 0.344 e. The lowest BCUT2D eigenvalue weighted by atomic mass is 10.0. The third kappa shape index (κ3) is 4.19. The summed E-state index contributed by atoms with van der Waals surface area (Å²) in [7, 11) is 0. The van der Waals surface area contributed by atoms with Crippen molar-refractivity contribution in [2.24, 2.45) is 0 Å². The van der Waals surface area contributed by atoms with E-state index in [1.165, 1.54) is 0 Å². The number of nitrogens with one attached hydrogen (secondary N) is 1. The number of hydrogen-bond donors (Lipinski definition) is 1. The Balaban J connectivity index is 2.20. The highest BCUT2D eigenvalue weighted by molar-refractivity contribution is 6.34. The standard InChI is InChI=1S/C16H16Cl2N2O/c1-2-6-13(11-7-4-3-5-8-11)19-16(21)15-12(17)9-10-14(18)20-15/h3-5,7-10,13H,2,6H2,1H3,(H,19,21)/t13-/m0/s1. The molecule has 21 heavy (non-hydrogen) atoms. The number of carbonyl (C=O) groups excluding carboxylic acids is 1. The van der Waals surface area contributed by atoms with E-state index in [2.05, 4.69) is 17.2 Å². The van der Waals surface area contributed by atoms with Gasteiger partial charge in [-0.25, -0.2) is 4.98 Å². The molecule has 2 aromatic rings. The van der Waals surface area contributed by atoms with Crippen LogP contribution in [-0.2, 0) is 0 Å². The second-order valence-electron chi connectivity index (χ2n) is 4.69. The number of halogens is 2. The van der Waals surface area contributed by atoms with Crippen molar-refractivity contribution in [3.8, 4) is 0 Å². The quantitative estimate of drug-likeness (QED) is 0.813. The third-order valence-electron chi connectivity index (χ3n) is 3.11. The zero-order valence-corrected chi connectivity index (χ0v) is 13.2. The van der Waals surface area contributed by atoms with Crippen molar-refractivity contribution < 1.29 is 4.79 Å². The summed E-state index contributed by atoms with van der Waals surface area (Å²) in [6, 6.07) is 12.9. The van der Waals surface area contributed by atoms with Gasteiger partial charge in [-0.1, -0.05) is 66.9 Å². The zero-order chi connectivity index (χ0) is 15.2. The molecule has 0 aliphatic carbocycles. The Morgan fingerprint density at radius 1 is 1.19 bits per heavy atom. The summed E-state index contributed by atoms with van der Waals surface area (Å²) in [6.45, 7) is 2.08. The Morgan fingerprint density at radius 2 is 1.90 bits per heavy atom. The first-order chi connectivity index (χ1) is 10.1. The SMILES string of the molecule is CCC[C@H](NC(=O)c1nc(Cl)ccc1Cl)c1ccccc1. The summed E-state index contributed by atoms with van der Waals surface area (Å²) in [5.74, 6) is -0.315. The topological polar surface area (TPSA) is 42.0 Å². The van der Waals surface area contributed by atoms with Gasteiger partial charge in [-0.3, -0.25) is 4.79 Å². The van der Waals surface area contributed by atoms with Crippen LogP contribution >= 0.6 is 23.2 Å². The Kier molecular flexibility index (Phi) is 5.59. The molecule has 1 N–H and O–H groups in total. The van der Waals surface area contributed by atoms with Gasteiger partial charge in [0.1, 0.15) is 10.8 Å². The highest BCUT2D eigenvalue weighted by Gasteiger charge is 2.18. The van der Waals surface area contributed by atoms with Gasteiger partial charge in [0, 0.05) is 0 Å². The van der Waals surface area contributed by atoms with Gasteiger partial charge in [0.2, 0.25) is 0 Å². The van der Waals surface area contributed by atoms with E-state index in [4.69, 9.17) is 23.2 Å². The van der Waals surface area contributed by atoms with Gasteiger partial charge in [0.25, 0.3) is 5.91 Å². The monoisotopic (exact) mass is 322 g/mol. The van der Waals surface area contributed by atoms with E-state index in [1.54, 1.807) is 12.1 Å². The van der Waals surface area contributed by atoms with Crippen LogP contribution in [0.15, 0.2) is 42.5 Å². The Labute approximate surface area is 134 Å². The van der Waals surface area contributed by atoms with E-state index in [0.717, 1.165) is 18.4 Å². The van der Waals surface area contributed by atoms with E-state index < -0.39 is 0 Å². The molecule has 1 amide bonds. The molecule has 1 heterocycles. The summed E-state index contributed by atoms with van der Waals surface area (Å²) in [6.07, 6.45) is 1.80. The first-order valence-electron chi connectivity index (χ1n) is 6.79. The van der Waals surface area contributed by atoms with Crippen LogP contribution in [0.3, 0.4) is 0 Å². The minimum Gasteiger partial charge on any atom is -0.344 e. The maximum Gasteiger partial charge on any atom is 0.271 e. The summed E-state index contributed by atoms with van der Waals surface area (Å²) in [4.78, 5) is 16.4. The van der Waals surface area contributed by atoms with E-state index in [0.29, 0.717) is 5.02 Å². The average Bonchev–Trinajstić information content (AvgIpc) is 2.50. The lowest BCUT2D eigenvalue weighted by Gasteiger charge is -2.18. The van der Waals surface area contributed by atoms with Crippen LogP contribution in [-0.4, -0.2) is 10.9 Å². The molecule has 0 saturated heterocycles. The molecule has 0 aliphatic rings. The molecule has 0 bridgehead atoms. The molecule has 5 heteroatoms. The van der Waals surface area contributed by atoms with Crippen molar-refractivity contribution in [2.75, 3.05) is 0 Å². The molecule has 0 radical (unpaired) electrons. The van der Waals surface area contributed by atoms with Gasteiger partial charge in [-0.15, -0.1) is 0 Å². The fourth-order valence-corrected chi connectivity index (χ4v) is 2.44. The number of pyridine rings is 1. The summed E-state index contributed by atoms with van der Waals surface area (Å²) >= 11 is 11.8. The third-order valence-corrected chi connectivity index (χ3v) is 3.63. The van der Waals surface area contributed by atoms with Gasteiger partial charge in [-0.05, 0) is 24.1 Å². The lowest BCUT2D eigenvalue weighted by Crippen LogP contribution is -2.29. The molecule has 1 aromatic carbocycles. The highest BCUT2D eigenvalue weighted by atomic mass is 35.5. The molecule has 0 aliphatic heterocycles. The minimum absolute atomic E-state index is 0.0689. The molecule has 0 unspecified atom stereocenters. The second-order valence-corrected chi connectivity index (χ2v) is 5.48. The van der Waals surface area contributed by atoms with Gasteiger partial charge in [0.05, 0.1) is 11.1 Å². The fourth-order valence-electron chi connectivity index (χ4n) is 2.10. The van der Waals surface area contributed by atoms with E-state index >= 15 is 0 Å². The van der Waals surface area contributed by atoms with Crippen LogP contribution in [0.25, 0.3) is 0 Å². The number of nitrogens with zero attached hydrogens (tertiary/aromatic N) is 1. The molecule has 0 spiro atoms. The summed E-state index contributed by atoms with van der Waals surface area (Å²) in [5, 5.41) is 3.51. The molecule has 1 aromatic heterocycles. The van der Waals surface area contributed by atoms with E-state index in [1.807, 2.05) is 30.3 Å². The maximum absolute atomic E-state index is 12.4. The van der Waals surface area contributed by atoms with Gasteiger partial charge in [-0.2, -0.15) is 0 Å². The average molecular weight is 323 g/mol. The number of amides is 1. The number of aromatic nitrogens is 1. The number of rotatable bonds is 5. The molecule has 0 fully saturated rings. The number of benzene rings is 1. The van der Waals surface area contributed by atoms with Gasteiger partial charge in [0.15, 0.2) is 0 Å². The number of carbonyl (C=O) groups is 1. The lowest BCUT2D eigenvalue weighted by molar-refractivity contribution is 0.0929. The smallest absolute Gasteiger partial charge is 0.271 e. The normalized spacial score (nSPS) is 12.0. The first kappa shape index (κ1) is 15.8. The van der Waals surface area contributed by atoms with Crippen molar-refractivity contribution in [1.29, 1.82) is 0 Å². The molecule has 3 nitrogen and oxygen atoms in total. The van der Waals surface area contributed by atoms with Crippen LogP contribution in [0.1, 0.15) is 41.9 Å². The van der Waals surface area contributed by atoms with Crippen LogP contribution in [0.5, 0.6) is 0 Å². The maximum atomic E-state index is 12.4. The van der Waals surface area contributed by atoms with Gasteiger partial charge >= 0.3 is 0 Å². The predicted molar refractivity (Wildman–Crippen MR) is 85.8 cm³/mol. The summed E-state index contributed by atoms with van der Waals surface area (Å²) < 4.78 is 0. The van der Waals surface area contributed by atoms with E-state index in [9.17, 15) is 4.79 Å². The molecule has 0 saturated carbocycles. The molecule has 2 rings (SSSR count). The van der Waals surface area contributed by atoms with Crippen molar-refractivity contribution in [2.45, 2.75) is 25.8 Å². The first-order valence-corrected chi connectivity index (χ1v) is 7.55. The molecular weight excluding hydrogens is 307 g/mol. The second kappa shape index (κ2) is 7.43. The van der Waals surface area contributed by atoms with Crippen molar-refractivity contribution in [3.05, 3.63) is 63.9 Å². The van der Waals surface area contributed by atoms with Crippen LogP contribution < -0.4 is 5.32 Å². The molecule has 1 atom stereocenters. The molecule has 110 valence electrons. The molecular formula is C16H16Cl2N2O. The van der Waals surface area contributed by atoms with Crippen LogP contribution in [0.4, 0.5) is 0 Å². The van der Waals surface area contributed by atoms with Crippen molar-refractivity contribution in [3.63, 3.8) is 0 Å². The predicted octanol–water partition coefficient (Wildman–Crippen LogP) is 4.66. The Hall–Kier alpha value is -1.58. The summed E-state index contributed by atoms with van der Waals surface area (Å²) in [5.41, 5.74) is 1.21. The fraction of sp³-hybridized carbons (Fsp3) is 0.250. The zero-order valence-electron chi connectivity index (χ0n) is 11.6. The Morgan fingerprint density at radius 3 is 2.57 bits per heavy atom. The van der Waals surface area contributed by atoms with E-state index in [-0.39, 0.29) is 22.8 Å². The Bertz CT molecular complexity index is 617. The van der Waals surface area contributed by atoms with Crippen molar-refractivity contribution >= 4 is 29.1 Å². The van der Waals surface area contributed by atoms with Crippen LogP contribution in [0, 0.1) is 0 Å². The highest BCUT2D eigenvalue weighted by Crippen LogP contribution is 2.21. The number of hydrogen-bond acceptors (Lipinski definition) is 2. The van der Waals surface area contributed by atoms with Gasteiger partial charge < -0.3 is 5.32 Å². The van der Waals surface area contributed by atoms with Crippen molar-refractivity contribution in [1.82, 2.24) is 10.3 Å².